The molecule has 1 aliphatic heterocycles. The predicted molar refractivity (Wildman–Crippen MR) is 78.1 cm³/mol. The third kappa shape index (κ3) is 3.24. The number of halogens is 2. The Labute approximate surface area is 127 Å². The molecule has 0 spiro atoms. The molecule has 0 bridgehead atoms. The lowest BCUT2D eigenvalue weighted by Gasteiger charge is -2.19. The van der Waals surface area contributed by atoms with Crippen LogP contribution in [0, 0.1) is 11.6 Å². The van der Waals surface area contributed by atoms with Gasteiger partial charge in [-0.25, -0.2) is 8.78 Å². The topological polar surface area (TPSA) is 75.4 Å². The quantitative estimate of drug-likeness (QED) is 0.861. The predicted octanol–water partition coefficient (Wildman–Crippen LogP) is 1.31. The van der Waals surface area contributed by atoms with Crippen LogP contribution in [0.25, 0.3) is 0 Å². The first kappa shape index (κ1) is 16.4. The molecule has 2 unspecified atom stereocenters. The number of anilines is 1. The van der Waals surface area contributed by atoms with Crippen molar-refractivity contribution in [1.29, 1.82) is 0 Å². The van der Waals surface area contributed by atoms with Gasteiger partial charge in [0.1, 0.15) is 23.4 Å². The maximum Gasteiger partial charge on any atom is 0.249 e. The first-order valence-electron chi connectivity index (χ1n) is 7.27. The second kappa shape index (κ2) is 6.83. The smallest absolute Gasteiger partial charge is 0.249 e. The minimum atomic E-state index is -0.803. The van der Waals surface area contributed by atoms with Crippen LogP contribution >= 0.6 is 0 Å². The number of nitrogens with one attached hydrogen (secondary N) is 1. The summed E-state index contributed by atoms with van der Waals surface area (Å²) in [7, 11) is 0. The molecule has 1 saturated heterocycles. The van der Waals surface area contributed by atoms with Crippen LogP contribution in [-0.4, -0.2) is 30.4 Å². The van der Waals surface area contributed by atoms with E-state index in [0.717, 1.165) is 23.5 Å². The fourth-order valence-electron chi connectivity index (χ4n) is 2.50. The van der Waals surface area contributed by atoms with Gasteiger partial charge in [0.05, 0.1) is 6.04 Å². The van der Waals surface area contributed by atoms with E-state index >= 15 is 0 Å². The highest BCUT2D eigenvalue weighted by Crippen LogP contribution is 2.27. The van der Waals surface area contributed by atoms with Gasteiger partial charge in [0.25, 0.3) is 0 Å². The van der Waals surface area contributed by atoms with Crippen molar-refractivity contribution in [2.24, 2.45) is 5.73 Å². The number of amides is 2. The second-order valence-electron chi connectivity index (χ2n) is 5.31. The van der Waals surface area contributed by atoms with Crippen LogP contribution in [-0.2, 0) is 9.59 Å². The molecule has 1 aromatic carbocycles. The van der Waals surface area contributed by atoms with Crippen LogP contribution in [0.1, 0.15) is 26.2 Å². The summed E-state index contributed by atoms with van der Waals surface area (Å²) in [4.78, 5) is 25.1. The van der Waals surface area contributed by atoms with E-state index in [4.69, 9.17) is 5.73 Å². The van der Waals surface area contributed by atoms with Gasteiger partial charge in [-0.05, 0) is 25.0 Å². The highest BCUT2D eigenvalue weighted by molar-refractivity contribution is 6.01. The van der Waals surface area contributed by atoms with Crippen molar-refractivity contribution < 1.29 is 18.4 Å². The van der Waals surface area contributed by atoms with Gasteiger partial charge in [0, 0.05) is 6.54 Å². The largest absolute Gasteiger partial charge is 0.343 e. The summed E-state index contributed by atoms with van der Waals surface area (Å²) in [6, 6.07) is 1.94. The fraction of sp³-hybridized carbons (Fsp3) is 0.467. The van der Waals surface area contributed by atoms with Crippen LogP contribution in [0.15, 0.2) is 18.2 Å². The highest BCUT2D eigenvalue weighted by Gasteiger charge is 2.36. The fourth-order valence-corrected chi connectivity index (χ4v) is 2.50. The molecule has 0 aliphatic carbocycles. The molecule has 22 heavy (non-hydrogen) atoms. The van der Waals surface area contributed by atoms with Gasteiger partial charge in [0.2, 0.25) is 11.8 Å². The average Bonchev–Trinajstić information content (AvgIpc) is 2.81. The van der Waals surface area contributed by atoms with Gasteiger partial charge in [-0.15, -0.1) is 0 Å². The Bertz CT molecular complexity index is 560. The first-order valence-corrected chi connectivity index (χ1v) is 7.27. The van der Waals surface area contributed by atoms with E-state index in [1.54, 1.807) is 0 Å². The minimum Gasteiger partial charge on any atom is -0.343 e. The van der Waals surface area contributed by atoms with Crippen molar-refractivity contribution in [2.75, 3.05) is 11.4 Å². The Morgan fingerprint density at radius 2 is 2.09 bits per heavy atom. The van der Waals surface area contributed by atoms with Crippen molar-refractivity contribution >= 4 is 17.5 Å². The summed E-state index contributed by atoms with van der Waals surface area (Å²) in [5.41, 5.74) is 5.32. The molecule has 2 atom stereocenters. The molecule has 1 aliphatic rings. The van der Waals surface area contributed by atoms with Crippen LogP contribution in [0.3, 0.4) is 0 Å². The molecule has 2 rings (SSSR count). The Morgan fingerprint density at radius 3 is 2.68 bits per heavy atom. The van der Waals surface area contributed by atoms with E-state index in [0.29, 0.717) is 6.42 Å². The third-order valence-electron chi connectivity index (χ3n) is 3.67. The zero-order chi connectivity index (χ0) is 16.3. The molecule has 1 fully saturated rings. The maximum absolute atomic E-state index is 13.8. The van der Waals surface area contributed by atoms with Crippen molar-refractivity contribution in [3.8, 4) is 0 Å². The summed E-state index contributed by atoms with van der Waals surface area (Å²) in [6.07, 6.45) is 1.55. The number of rotatable bonds is 5. The van der Waals surface area contributed by atoms with E-state index in [-0.39, 0.29) is 18.7 Å². The molecule has 0 saturated carbocycles. The summed E-state index contributed by atoms with van der Waals surface area (Å²) in [5.74, 6) is -2.55. The molecule has 3 N–H and O–H groups in total. The Hall–Kier alpha value is -2.02. The van der Waals surface area contributed by atoms with E-state index in [9.17, 15) is 18.4 Å². The molecule has 1 aromatic rings. The van der Waals surface area contributed by atoms with E-state index < -0.39 is 35.5 Å². The molecule has 7 heteroatoms. The lowest BCUT2D eigenvalue weighted by atomic mass is 10.1. The van der Waals surface area contributed by atoms with Crippen molar-refractivity contribution in [3.05, 3.63) is 29.8 Å². The van der Waals surface area contributed by atoms with Crippen molar-refractivity contribution in [1.82, 2.24) is 5.32 Å². The lowest BCUT2D eigenvalue weighted by Crippen LogP contribution is -2.48. The van der Waals surface area contributed by atoms with Crippen LogP contribution in [0.4, 0.5) is 14.5 Å². The molecule has 1 heterocycles. The number of hydrogen-bond donors (Lipinski definition) is 2. The van der Waals surface area contributed by atoms with Gasteiger partial charge in [-0.1, -0.05) is 19.4 Å². The summed E-state index contributed by atoms with van der Waals surface area (Å²) < 4.78 is 27.5. The monoisotopic (exact) mass is 311 g/mol. The molecular weight excluding hydrogens is 292 g/mol. The zero-order valence-electron chi connectivity index (χ0n) is 12.3. The molecule has 5 nitrogen and oxygen atoms in total. The normalized spacial score (nSPS) is 19.4. The number of hydrogen-bond acceptors (Lipinski definition) is 3. The van der Waals surface area contributed by atoms with Gasteiger partial charge >= 0.3 is 0 Å². The van der Waals surface area contributed by atoms with E-state index in [1.165, 1.54) is 6.07 Å². The van der Waals surface area contributed by atoms with Gasteiger partial charge in [-0.3, -0.25) is 9.59 Å². The maximum atomic E-state index is 13.8. The number of benzene rings is 1. The van der Waals surface area contributed by atoms with Crippen molar-refractivity contribution in [2.45, 2.75) is 38.3 Å². The van der Waals surface area contributed by atoms with Gasteiger partial charge in [-0.2, -0.15) is 0 Å². The minimum absolute atomic E-state index is 0.144. The summed E-state index contributed by atoms with van der Waals surface area (Å²) in [5, 5.41) is 2.55. The third-order valence-corrected chi connectivity index (χ3v) is 3.67. The molecule has 120 valence electrons. The van der Waals surface area contributed by atoms with Gasteiger partial charge in [0.15, 0.2) is 0 Å². The zero-order valence-corrected chi connectivity index (χ0v) is 12.3. The SMILES string of the molecule is CCCC(N)C(=O)NC1CCN(c2c(F)cccc2F)C1=O. The number of nitrogens with two attached hydrogens (primary N) is 1. The first-order chi connectivity index (χ1) is 10.5. The second-order valence-corrected chi connectivity index (χ2v) is 5.31. The molecule has 0 radical (unpaired) electrons. The molecule has 2 amide bonds. The molecular formula is C15H19F2N3O2. The van der Waals surface area contributed by atoms with Crippen LogP contribution < -0.4 is 16.0 Å². The van der Waals surface area contributed by atoms with Crippen LogP contribution in [0.5, 0.6) is 0 Å². The number of carbonyl (C=O) groups excluding carboxylic acids is 2. The Balaban J connectivity index is 2.09. The molecule has 0 aromatic heterocycles. The number of para-hydroxylation sites is 1. The average molecular weight is 311 g/mol. The standard InChI is InChI=1S/C15H19F2N3O2/c1-2-4-11(18)14(21)19-12-7-8-20(15(12)22)13-9(16)5-3-6-10(13)17/h3,5-6,11-12H,2,4,7-8,18H2,1H3,(H,19,21). The van der Waals surface area contributed by atoms with Crippen LogP contribution in [0.2, 0.25) is 0 Å². The summed E-state index contributed by atoms with van der Waals surface area (Å²) >= 11 is 0. The van der Waals surface area contributed by atoms with Crippen molar-refractivity contribution in [3.63, 3.8) is 0 Å². The Morgan fingerprint density at radius 1 is 1.45 bits per heavy atom. The van der Waals surface area contributed by atoms with E-state index in [1.807, 2.05) is 6.92 Å². The number of nitrogens with zero attached hydrogens (tertiary/aromatic N) is 1. The lowest BCUT2D eigenvalue weighted by molar-refractivity contribution is -0.127. The summed E-state index contributed by atoms with van der Waals surface area (Å²) in [6.45, 7) is 2.04. The highest BCUT2D eigenvalue weighted by atomic mass is 19.1. The van der Waals surface area contributed by atoms with Gasteiger partial charge < -0.3 is 16.0 Å². The number of carbonyl (C=O) groups is 2. The Kier molecular flexibility index (Phi) is 5.07. The van der Waals surface area contributed by atoms with E-state index in [2.05, 4.69) is 5.32 Å².